The van der Waals surface area contributed by atoms with E-state index in [2.05, 4.69) is 9.97 Å². The number of fused-ring (bicyclic) bond motifs is 2. The van der Waals surface area contributed by atoms with Crippen LogP contribution in [0.2, 0.25) is 0 Å². The first-order chi connectivity index (χ1) is 13.6. The van der Waals surface area contributed by atoms with Gasteiger partial charge in [-0.25, -0.2) is 9.78 Å². The highest BCUT2D eigenvalue weighted by Gasteiger charge is 2.18. The van der Waals surface area contributed by atoms with Gasteiger partial charge in [0.15, 0.2) is 5.82 Å². The number of rotatable bonds is 5. The van der Waals surface area contributed by atoms with Gasteiger partial charge in [-0.2, -0.15) is 8.78 Å². The molecule has 0 N–H and O–H groups in total. The molecule has 140 valence electrons. The Kier molecular flexibility index (Phi) is 4.80. The van der Waals surface area contributed by atoms with Crippen molar-refractivity contribution >= 4 is 34.0 Å². The Morgan fingerprint density at radius 1 is 1.11 bits per heavy atom. The van der Waals surface area contributed by atoms with Crippen LogP contribution in [-0.2, 0) is 16.1 Å². The zero-order chi connectivity index (χ0) is 19.5. The zero-order valence-electron chi connectivity index (χ0n) is 14.6. The number of hydrogen-bond acceptors (Lipinski definition) is 4. The summed E-state index contributed by atoms with van der Waals surface area (Å²) >= 11 is 0. The molecular weight excluding hydrogens is 364 g/mol. The van der Waals surface area contributed by atoms with E-state index in [1.54, 1.807) is 36.5 Å². The minimum Gasteiger partial charge on any atom is -0.454 e. The van der Waals surface area contributed by atoms with E-state index < -0.39 is 12.5 Å². The second-order valence-corrected chi connectivity index (χ2v) is 6.03. The Hall–Kier alpha value is -3.61. The Balaban J connectivity index is 1.51. The zero-order valence-corrected chi connectivity index (χ0v) is 14.6. The molecule has 0 fully saturated rings. The topological polar surface area (TPSA) is 57.0 Å². The molecule has 0 saturated carbocycles. The number of aromatic nitrogens is 3. The van der Waals surface area contributed by atoms with Gasteiger partial charge in [0.25, 0.3) is 0 Å². The van der Waals surface area contributed by atoms with Crippen LogP contribution in [0.1, 0.15) is 17.9 Å². The number of ether oxygens (including phenoxy) is 1. The predicted molar refractivity (Wildman–Crippen MR) is 102 cm³/mol. The van der Waals surface area contributed by atoms with Crippen LogP contribution in [0.3, 0.4) is 0 Å². The quantitative estimate of drug-likeness (QED) is 0.371. The van der Waals surface area contributed by atoms with Crippen molar-refractivity contribution in [3.63, 3.8) is 0 Å². The molecule has 0 bridgehead atoms. The summed E-state index contributed by atoms with van der Waals surface area (Å²) in [7, 11) is 0. The highest BCUT2D eigenvalue weighted by atomic mass is 19.3. The fraction of sp³-hybridized carbons (Fsp3) is 0.0952. The summed E-state index contributed by atoms with van der Waals surface area (Å²) in [5, 5.41) is 0.948. The van der Waals surface area contributed by atoms with E-state index in [0.29, 0.717) is 11.0 Å². The van der Waals surface area contributed by atoms with Crippen LogP contribution in [0.5, 0.6) is 0 Å². The number of pyridine rings is 1. The molecule has 0 atom stereocenters. The van der Waals surface area contributed by atoms with Crippen molar-refractivity contribution in [2.75, 3.05) is 0 Å². The summed E-state index contributed by atoms with van der Waals surface area (Å²) in [6.45, 7) is -3.13. The van der Waals surface area contributed by atoms with Crippen molar-refractivity contribution in [1.82, 2.24) is 14.5 Å². The van der Waals surface area contributed by atoms with Gasteiger partial charge in [0, 0.05) is 23.2 Å². The Labute approximate surface area is 158 Å². The van der Waals surface area contributed by atoms with E-state index in [4.69, 9.17) is 4.74 Å². The van der Waals surface area contributed by atoms with E-state index >= 15 is 0 Å². The second-order valence-electron chi connectivity index (χ2n) is 6.03. The Bertz CT molecular complexity index is 1180. The molecule has 0 aliphatic rings. The molecule has 28 heavy (non-hydrogen) atoms. The van der Waals surface area contributed by atoms with Crippen LogP contribution >= 0.6 is 0 Å². The summed E-state index contributed by atoms with van der Waals surface area (Å²) in [6, 6.07) is 15.9. The van der Waals surface area contributed by atoms with Gasteiger partial charge >= 0.3 is 12.5 Å². The van der Waals surface area contributed by atoms with E-state index in [9.17, 15) is 13.6 Å². The maximum absolute atomic E-state index is 13.4. The first-order valence-electron chi connectivity index (χ1n) is 8.56. The van der Waals surface area contributed by atoms with Crippen LogP contribution in [0.4, 0.5) is 8.78 Å². The minimum absolute atomic E-state index is 0.00947. The molecule has 0 unspecified atom stereocenters. The third kappa shape index (κ3) is 3.46. The van der Waals surface area contributed by atoms with Gasteiger partial charge in [-0.1, -0.05) is 36.4 Å². The van der Waals surface area contributed by atoms with Crippen LogP contribution < -0.4 is 0 Å². The number of imidazole rings is 1. The molecule has 2 aromatic heterocycles. The number of halogens is 2. The number of carbonyl (C=O) groups excluding carboxylic acids is 1. The van der Waals surface area contributed by atoms with Gasteiger partial charge in [-0.15, -0.1) is 0 Å². The number of para-hydroxylation sites is 3. The van der Waals surface area contributed by atoms with Gasteiger partial charge in [0.2, 0.25) is 0 Å². The van der Waals surface area contributed by atoms with Crippen LogP contribution in [-0.4, -0.2) is 20.5 Å². The molecule has 2 heterocycles. The summed E-state index contributed by atoms with van der Waals surface area (Å²) < 4.78 is 32.7. The number of benzene rings is 2. The lowest BCUT2D eigenvalue weighted by Gasteiger charge is -2.07. The molecule has 0 spiro atoms. The van der Waals surface area contributed by atoms with Gasteiger partial charge < -0.3 is 4.74 Å². The maximum atomic E-state index is 13.4. The maximum Gasteiger partial charge on any atom is 0.331 e. The fourth-order valence-electron chi connectivity index (χ4n) is 3.02. The van der Waals surface area contributed by atoms with Gasteiger partial charge in [-0.05, 0) is 24.3 Å². The summed E-state index contributed by atoms with van der Waals surface area (Å²) in [5.74, 6) is -0.661. The molecule has 4 rings (SSSR count). The smallest absolute Gasteiger partial charge is 0.331 e. The molecule has 4 aromatic rings. The average Bonchev–Trinajstić information content (AvgIpc) is 3.09. The lowest BCUT2D eigenvalue weighted by Crippen LogP contribution is -2.09. The third-order valence-corrected chi connectivity index (χ3v) is 4.27. The number of nitrogens with zero attached hydrogens (tertiary/aromatic N) is 3. The fourth-order valence-corrected chi connectivity index (χ4v) is 3.02. The van der Waals surface area contributed by atoms with Gasteiger partial charge in [-0.3, -0.25) is 9.55 Å². The summed E-state index contributed by atoms with van der Waals surface area (Å²) in [4.78, 5) is 20.5. The van der Waals surface area contributed by atoms with Crippen molar-refractivity contribution < 1.29 is 18.3 Å². The molecular formula is C21H15F2N3O2. The van der Waals surface area contributed by atoms with Crippen LogP contribution in [0, 0.1) is 0 Å². The van der Waals surface area contributed by atoms with Gasteiger partial charge in [0.05, 0.1) is 16.6 Å². The van der Waals surface area contributed by atoms with Crippen molar-refractivity contribution in [1.29, 1.82) is 0 Å². The molecule has 0 saturated heterocycles. The average molecular weight is 379 g/mol. The number of carbonyl (C=O) groups is 1. The standard InChI is InChI=1S/C21H15F2N3O2/c22-21(23)26-17-9-2-1-8-16(17)25-18(26)13-28-19(27)11-10-15-6-3-5-14-7-4-12-24-20(14)15/h1-12,21H,13H2. The van der Waals surface area contributed by atoms with Crippen molar-refractivity contribution in [3.05, 3.63) is 78.3 Å². The highest BCUT2D eigenvalue weighted by molar-refractivity contribution is 5.92. The van der Waals surface area contributed by atoms with Crippen LogP contribution in [0.25, 0.3) is 28.0 Å². The van der Waals surface area contributed by atoms with E-state index in [0.717, 1.165) is 21.0 Å². The molecule has 5 nitrogen and oxygen atoms in total. The molecule has 2 aromatic carbocycles. The summed E-state index contributed by atoms with van der Waals surface area (Å²) in [5.41, 5.74) is 2.23. The second kappa shape index (κ2) is 7.56. The number of esters is 1. The van der Waals surface area contributed by atoms with E-state index in [-0.39, 0.29) is 12.4 Å². The Morgan fingerprint density at radius 3 is 2.79 bits per heavy atom. The first kappa shape index (κ1) is 17.8. The minimum atomic E-state index is -2.78. The SMILES string of the molecule is O=C(C=Cc1cccc2cccnc12)OCc1nc2ccccc2n1C(F)F. The molecule has 0 radical (unpaired) electrons. The molecule has 7 heteroatoms. The third-order valence-electron chi connectivity index (χ3n) is 4.27. The molecule has 0 aliphatic carbocycles. The number of hydrogen-bond donors (Lipinski definition) is 0. The normalized spacial score (nSPS) is 11.7. The number of alkyl halides is 2. The lowest BCUT2D eigenvalue weighted by molar-refractivity contribution is -0.139. The van der Waals surface area contributed by atoms with Crippen molar-refractivity contribution in [3.8, 4) is 0 Å². The summed E-state index contributed by atoms with van der Waals surface area (Å²) in [6.07, 6.45) is 4.51. The lowest BCUT2D eigenvalue weighted by atomic mass is 10.1. The van der Waals surface area contributed by atoms with Gasteiger partial charge in [0.1, 0.15) is 6.61 Å². The molecule has 0 aliphatic heterocycles. The van der Waals surface area contributed by atoms with E-state index in [1.807, 2.05) is 30.3 Å². The highest BCUT2D eigenvalue weighted by Crippen LogP contribution is 2.23. The monoisotopic (exact) mass is 379 g/mol. The van der Waals surface area contributed by atoms with Crippen molar-refractivity contribution in [2.24, 2.45) is 0 Å². The Morgan fingerprint density at radius 2 is 1.93 bits per heavy atom. The predicted octanol–water partition coefficient (Wildman–Crippen LogP) is 4.74. The van der Waals surface area contributed by atoms with E-state index in [1.165, 1.54) is 6.08 Å². The molecule has 0 amide bonds. The largest absolute Gasteiger partial charge is 0.454 e. The first-order valence-corrected chi connectivity index (χ1v) is 8.56. The van der Waals surface area contributed by atoms with Crippen LogP contribution in [0.15, 0.2) is 66.9 Å². The van der Waals surface area contributed by atoms with Crippen molar-refractivity contribution in [2.45, 2.75) is 13.2 Å².